The first-order chi connectivity index (χ1) is 11.2. The average molecular weight is 356 g/mol. The third-order valence-electron chi connectivity index (χ3n) is 3.29. The highest BCUT2D eigenvalue weighted by Gasteiger charge is 2.07. The van der Waals surface area contributed by atoms with E-state index in [2.05, 4.69) is 20.9 Å². The number of aryl methyl sites for hydroxylation is 1. The van der Waals surface area contributed by atoms with Crippen molar-refractivity contribution in [1.82, 2.24) is 25.6 Å². The van der Waals surface area contributed by atoms with Gasteiger partial charge in [-0.15, -0.1) is 17.5 Å². The van der Waals surface area contributed by atoms with Crippen LogP contribution in [0.15, 0.2) is 29.1 Å². The van der Waals surface area contributed by atoms with E-state index < -0.39 is 0 Å². The summed E-state index contributed by atoms with van der Waals surface area (Å²) in [5, 5.41) is 14.3. The van der Waals surface area contributed by atoms with Crippen molar-refractivity contribution in [3.05, 3.63) is 34.6 Å². The number of nitrogens with zero attached hydrogens (tertiary/aromatic N) is 3. The van der Waals surface area contributed by atoms with E-state index in [9.17, 15) is 9.59 Å². The minimum Gasteiger partial charge on any atom is -0.383 e. The third kappa shape index (κ3) is 5.88. The van der Waals surface area contributed by atoms with Crippen LogP contribution in [0.1, 0.15) is 6.42 Å². The number of hydrogen-bond donors (Lipinski definition) is 2. The van der Waals surface area contributed by atoms with Gasteiger partial charge in [0.1, 0.15) is 5.52 Å². The molecule has 8 nitrogen and oxygen atoms in total. The smallest absolute Gasteiger partial charge is 0.277 e. The van der Waals surface area contributed by atoms with Gasteiger partial charge in [-0.05, 0) is 12.1 Å². The molecule has 0 bridgehead atoms. The summed E-state index contributed by atoms with van der Waals surface area (Å²) in [6, 6.07) is 7.01. The van der Waals surface area contributed by atoms with Crippen LogP contribution in [0, 0.1) is 0 Å². The molecular formula is C15H22ClN5O3. The summed E-state index contributed by atoms with van der Waals surface area (Å²) in [6.45, 7) is 2.79. The van der Waals surface area contributed by atoms with E-state index in [1.54, 1.807) is 31.4 Å². The zero-order valence-corrected chi connectivity index (χ0v) is 14.3. The minimum atomic E-state index is -0.232. The predicted molar refractivity (Wildman–Crippen MR) is 93.4 cm³/mol. The van der Waals surface area contributed by atoms with Crippen LogP contribution in [0.2, 0.25) is 0 Å². The number of amides is 1. The number of nitrogens with one attached hydrogen (secondary N) is 2. The van der Waals surface area contributed by atoms with Crippen molar-refractivity contribution in [2.75, 3.05) is 33.4 Å². The van der Waals surface area contributed by atoms with Crippen LogP contribution >= 0.6 is 12.4 Å². The van der Waals surface area contributed by atoms with Gasteiger partial charge < -0.3 is 15.4 Å². The van der Waals surface area contributed by atoms with Gasteiger partial charge in [0.25, 0.3) is 5.56 Å². The molecule has 132 valence electrons. The molecule has 2 rings (SSSR count). The molecule has 0 saturated heterocycles. The first kappa shape index (κ1) is 20.0. The Kier molecular flexibility index (Phi) is 8.92. The molecule has 9 heteroatoms. The summed E-state index contributed by atoms with van der Waals surface area (Å²) < 4.78 is 6.12. The molecule has 2 aromatic rings. The maximum Gasteiger partial charge on any atom is 0.277 e. The predicted octanol–water partition coefficient (Wildman–Crippen LogP) is -0.0444. The van der Waals surface area contributed by atoms with Crippen molar-refractivity contribution in [1.29, 1.82) is 0 Å². The van der Waals surface area contributed by atoms with Gasteiger partial charge in [-0.3, -0.25) is 9.59 Å². The Balaban J connectivity index is 0.00000288. The molecule has 1 heterocycles. The minimum absolute atomic E-state index is 0. The molecule has 0 aliphatic carbocycles. The summed E-state index contributed by atoms with van der Waals surface area (Å²) in [4.78, 5) is 24.0. The van der Waals surface area contributed by atoms with Gasteiger partial charge in [-0.1, -0.05) is 17.3 Å². The van der Waals surface area contributed by atoms with Crippen LogP contribution in [0.25, 0.3) is 10.9 Å². The SMILES string of the molecule is COCCNCCNC(=O)CCn1nnc2ccccc2c1=O.Cl. The number of halogens is 1. The summed E-state index contributed by atoms with van der Waals surface area (Å²) in [7, 11) is 1.64. The number of aromatic nitrogens is 3. The fraction of sp³-hybridized carbons (Fsp3) is 0.467. The fourth-order valence-electron chi connectivity index (χ4n) is 2.06. The van der Waals surface area contributed by atoms with E-state index in [4.69, 9.17) is 4.74 Å². The quantitative estimate of drug-likeness (QED) is 0.612. The molecule has 1 aromatic carbocycles. The molecule has 1 amide bonds. The van der Waals surface area contributed by atoms with Crippen molar-refractivity contribution >= 4 is 29.2 Å². The summed E-state index contributed by atoms with van der Waals surface area (Å²) in [5.74, 6) is -0.125. The fourth-order valence-corrected chi connectivity index (χ4v) is 2.06. The average Bonchev–Trinajstić information content (AvgIpc) is 2.57. The standard InChI is InChI=1S/C15H21N5O3.ClH/c1-23-11-9-16-7-8-17-14(21)6-10-20-15(22)12-4-2-3-5-13(12)18-19-20;/h2-5,16H,6-11H2,1H3,(H,17,21);1H. The van der Waals surface area contributed by atoms with E-state index in [0.29, 0.717) is 30.6 Å². The lowest BCUT2D eigenvalue weighted by Gasteiger charge is -2.07. The Labute approximate surface area is 146 Å². The second-order valence-corrected chi connectivity index (χ2v) is 4.98. The maximum atomic E-state index is 12.2. The van der Waals surface area contributed by atoms with Gasteiger partial charge >= 0.3 is 0 Å². The number of carbonyl (C=O) groups excluding carboxylic acids is 1. The number of hydrogen-bond acceptors (Lipinski definition) is 6. The monoisotopic (exact) mass is 355 g/mol. The topological polar surface area (TPSA) is 98.1 Å². The zero-order chi connectivity index (χ0) is 16.5. The normalized spacial score (nSPS) is 10.4. The largest absolute Gasteiger partial charge is 0.383 e. The van der Waals surface area contributed by atoms with E-state index in [1.807, 2.05) is 0 Å². The van der Waals surface area contributed by atoms with Gasteiger partial charge in [-0.2, -0.15) is 0 Å². The van der Waals surface area contributed by atoms with Crippen LogP contribution in [-0.4, -0.2) is 54.3 Å². The van der Waals surface area contributed by atoms with Gasteiger partial charge in [-0.25, -0.2) is 4.68 Å². The van der Waals surface area contributed by atoms with E-state index in [0.717, 1.165) is 6.54 Å². The molecule has 0 aliphatic heterocycles. The molecule has 0 saturated carbocycles. The second-order valence-electron chi connectivity index (χ2n) is 4.98. The summed E-state index contributed by atoms with van der Waals surface area (Å²) >= 11 is 0. The Hall–Kier alpha value is -2.03. The molecule has 24 heavy (non-hydrogen) atoms. The number of benzene rings is 1. The highest BCUT2D eigenvalue weighted by molar-refractivity contribution is 5.85. The van der Waals surface area contributed by atoms with Crippen molar-refractivity contribution in [3.63, 3.8) is 0 Å². The zero-order valence-electron chi connectivity index (χ0n) is 13.5. The molecule has 1 aromatic heterocycles. The number of carbonyl (C=O) groups is 1. The molecule has 0 radical (unpaired) electrons. The molecule has 0 fully saturated rings. The van der Waals surface area contributed by atoms with Gasteiger partial charge in [0.15, 0.2) is 0 Å². The highest BCUT2D eigenvalue weighted by atomic mass is 35.5. The molecule has 0 atom stereocenters. The number of rotatable bonds is 9. The Morgan fingerprint density at radius 2 is 2.04 bits per heavy atom. The molecular weight excluding hydrogens is 334 g/mol. The van der Waals surface area contributed by atoms with E-state index >= 15 is 0 Å². The number of methoxy groups -OCH3 is 1. The lowest BCUT2D eigenvalue weighted by molar-refractivity contribution is -0.121. The van der Waals surface area contributed by atoms with Crippen molar-refractivity contribution in [2.45, 2.75) is 13.0 Å². The van der Waals surface area contributed by atoms with Crippen molar-refractivity contribution < 1.29 is 9.53 Å². The van der Waals surface area contributed by atoms with Crippen molar-refractivity contribution in [2.24, 2.45) is 0 Å². The van der Waals surface area contributed by atoms with Gasteiger partial charge in [0.05, 0.1) is 18.5 Å². The van der Waals surface area contributed by atoms with Crippen molar-refractivity contribution in [3.8, 4) is 0 Å². The molecule has 0 unspecified atom stereocenters. The van der Waals surface area contributed by atoms with E-state index in [1.165, 1.54) is 4.68 Å². The number of fused-ring (bicyclic) bond motifs is 1. The lowest BCUT2D eigenvalue weighted by atomic mass is 10.2. The highest BCUT2D eigenvalue weighted by Crippen LogP contribution is 2.03. The van der Waals surface area contributed by atoms with Crippen LogP contribution in [0.4, 0.5) is 0 Å². The van der Waals surface area contributed by atoms with Gasteiger partial charge in [0.2, 0.25) is 5.91 Å². The first-order valence-electron chi connectivity index (χ1n) is 7.51. The van der Waals surface area contributed by atoms with E-state index in [-0.39, 0.29) is 36.8 Å². The van der Waals surface area contributed by atoms with Crippen LogP contribution in [0.3, 0.4) is 0 Å². The number of ether oxygens (including phenoxy) is 1. The Morgan fingerprint density at radius 3 is 2.83 bits per heavy atom. The van der Waals surface area contributed by atoms with Crippen LogP contribution < -0.4 is 16.2 Å². The summed E-state index contributed by atoms with van der Waals surface area (Å²) in [6.07, 6.45) is 0.186. The van der Waals surface area contributed by atoms with Crippen LogP contribution in [-0.2, 0) is 16.1 Å². The first-order valence-corrected chi connectivity index (χ1v) is 7.51. The lowest BCUT2D eigenvalue weighted by Crippen LogP contribution is -2.34. The molecule has 2 N–H and O–H groups in total. The maximum absolute atomic E-state index is 12.2. The second kappa shape index (κ2) is 10.7. The summed E-state index contributed by atoms with van der Waals surface area (Å²) in [5.41, 5.74) is 0.324. The third-order valence-corrected chi connectivity index (χ3v) is 3.29. The van der Waals surface area contributed by atoms with Gasteiger partial charge in [0, 0.05) is 33.2 Å². The Morgan fingerprint density at radius 1 is 1.25 bits per heavy atom. The molecule has 0 spiro atoms. The van der Waals surface area contributed by atoms with Crippen LogP contribution in [0.5, 0.6) is 0 Å². The molecule has 0 aliphatic rings. The Bertz CT molecular complexity index is 707.